The summed E-state index contributed by atoms with van der Waals surface area (Å²) in [7, 11) is 0. The molecule has 5 nitrogen and oxygen atoms in total. The molecule has 0 fully saturated rings. The van der Waals surface area contributed by atoms with Gasteiger partial charge in [-0.1, -0.05) is 47.7 Å². The molecule has 0 saturated carbocycles. The second-order valence-corrected chi connectivity index (χ2v) is 8.48. The van der Waals surface area contributed by atoms with Gasteiger partial charge in [-0.25, -0.2) is 0 Å². The lowest BCUT2D eigenvalue weighted by Crippen LogP contribution is -2.28. The molecule has 2 aromatic carbocycles. The largest absolute Gasteiger partial charge is 0.411 e. The van der Waals surface area contributed by atoms with Crippen LogP contribution in [0, 0.1) is 6.92 Å². The van der Waals surface area contributed by atoms with Gasteiger partial charge in [-0.15, -0.1) is 10.2 Å². The number of hydrogen-bond donors (Lipinski definition) is 1. The maximum absolute atomic E-state index is 12.4. The van der Waals surface area contributed by atoms with Crippen molar-refractivity contribution in [3.63, 3.8) is 0 Å². The van der Waals surface area contributed by atoms with Crippen LogP contribution in [0.2, 0.25) is 0 Å². The number of nitrogens with zero attached hydrogens (tertiary/aromatic N) is 2. The molecule has 1 atom stereocenters. The smallest absolute Gasteiger partial charge is 0.277 e. The molecular formula is C23H25N3O2S. The van der Waals surface area contributed by atoms with Gasteiger partial charge in [0.2, 0.25) is 11.8 Å². The molecule has 0 spiro atoms. The van der Waals surface area contributed by atoms with E-state index < -0.39 is 0 Å². The lowest BCUT2D eigenvalue weighted by molar-refractivity contribution is -0.119. The molecule has 0 bridgehead atoms. The van der Waals surface area contributed by atoms with E-state index in [2.05, 4.69) is 33.7 Å². The zero-order valence-corrected chi connectivity index (χ0v) is 17.6. The summed E-state index contributed by atoms with van der Waals surface area (Å²) < 4.78 is 5.69. The lowest BCUT2D eigenvalue weighted by atomic mass is 9.89. The van der Waals surface area contributed by atoms with Crippen molar-refractivity contribution in [2.24, 2.45) is 0 Å². The second-order valence-electron chi connectivity index (χ2n) is 7.56. The molecule has 0 saturated heterocycles. The molecule has 0 aliphatic heterocycles. The third-order valence-electron chi connectivity index (χ3n) is 5.25. The fourth-order valence-corrected chi connectivity index (χ4v) is 4.25. The Hall–Kier alpha value is -2.60. The average molecular weight is 408 g/mol. The number of nitrogens with one attached hydrogen (secondary N) is 1. The van der Waals surface area contributed by atoms with Crippen LogP contribution in [0.4, 0.5) is 0 Å². The van der Waals surface area contributed by atoms with Crippen LogP contribution < -0.4 is 5.32 Å². The predicted octanol–water partition coefficient (Wildman–Crippen LogP) is 4.89. The van der Waals surface area contributed by atoms with Crippen LogP contribution in [-0.2, 0) is 17.6 Å². The van der Waals surface area contributed by atoms with E-state index in [-0.39, 0.29) is 17.7 Å². The first kappa shape index (κ1) is 19.7. The molecule has 4 rings (SSSR count). The van der Waals surface area contributed by atoms with E-state index in [1.165, 1.54) is 42.2 Å². The number of aryl methyl sites for hydroxylation is 3. The molecule has 29 heavy (non-hydrogen) atoms. The molecule has 1 amide bonds. The number of carbonyl (C=O) groups is 1. The zero-order chi connectivity index (χ0) is 20.2. The van der Waals surface area contributed by atoms with E-state index in [1.54, 1.807) is 0 Å². The van der Waals surface area contributed by atoms with Gasteiger partial charge in [-0.2, -0.15) is 0 Å². The minimum Gasteiger partial charge on any atom is -0.411 e. The maximum Gasteiger partial charge on any atom is 0.277 e. The van der Waals surface area contributed by atoms with Crippen molar-refractivity contribution in [2.45, 2.75) is 50.8 Å². The van der Waals surface area contributed by atoms with Gasteiger partial charge < -0.3 is 9.73 Å². The molecule has 0 radical (unpaired) electrons. The highest BCUT2D eigenvalue weighted by Crippen LogP contribution is 2.26. The highest BCUT2D eigenvalue weighted by Gasteiger charge is 2.16. The second kappa shape index (κ2) is 8.82. The van der Waals surface area contributed by atoms with Gasteiger partial charge in [0.1, 0.15) is 0 Å². The lowest BCUT2D eigenvalue weighted by Gasteiger charge is -2.20. The summed E-state index contributed by atoms with van der Waals surface area (Å²) in [6.07, 6.45) is 4.83. The van der Waals surface area contributed by atoms with E-state index in [0.717, 1.165) is 23.1 Å². The third-order valence-corrected chi connectivity index (χ3v) is 6.07. The summed E-state index contributed by atoms with van der Waals surface area (Å²) in [6, 6.07) is 14.5. The first-order valence-corrected chi connectivity index (χ1v) is 11.0. The molecule has 1 aliphatic carbocycles. The van der Waals surface area contributed by atoms with Gasteiger partial charge in [0.25, 0.3) is 5.22 Å². The topological polar surface area (TPSA) is 68.0 Å². The van der Waals surface area contributed by atoms with Gasteiger partial charge in [-0.3, -0.25) is 4.79 Å². The standard InChI is InChI=1S/C23H25N3O2S/c1-15-6-5-9-20(12-15)22-25-26-23(28-22)29-14-21(27)24-16(2)18-11-10-17-7-3-4-8-19(17)13-18/h5-6,9-13,16H,3-4,7-8,14H2,1-2H3,(H,24,27)/t16-/m0/s1. The molecule has 1 N–H and O–H groups in total. The zero-order valence-electron chi connectivity index (χ0n) is 16.8. The van der Waals surface area contributed by atoms with Crippen LogP contribution in [0.3, 0.4) is 0 Å². The van der Waals surface area contributed by atoms with Gasteiger partial charge >= 0.3 is 0 Å². The Balaban J connectivity index is 1.32. The van der Waals surface area contributed by atoms with E-state index in [9.17, 15) is 4.79 Å². The van der Waals surface area contributed by atoms with Crippen molar-refractivity contribution in [3.05, 3.63) is 64.7 Å². The van der Waals surface area contributed by atoms with E-state index in [1.807, 2.05) is 38.1 Å². The highest BCUT2D eigenvalue weighted by molar-refractivity contribution is 7.99. The first-order valence-electron chi connectivity index (χ1n) is 10.0. The van der Waals surface area contributed by atoms with Crippen molar-refractivity contribution >= 4 is 17.7 Å². The summed E-state index contributed by atoms with van der Waals surface area (Å²) in [5.41, 5.74) is 6.05. The SMILES string of the molecule is Cc1cccc(-c2nnc(SCC(=O)N[C@@H](C)c3ccc4c(c3)CCCC4)o2)c1. The van der Waals surface area contributed by atoms with Crippen LogP contribution >= 0.6 is 11.8 Å². The summed E-state index contributed by atoms with van der Waals surface area (Å²) in [5, 5.41) is 11.6. The fraction of sp³-hybridized carbons (Fsp3) is 0.348. The number of fused-ring (bicyclic) bond motifs is 1. The Morgan fingerprint density at radius 1 is 1.14 bits per heavy atom. The molecule has 0 unspecified atom stereocenters. The van der Waals surface area contributed by atoms with Crippen molar-refractivity contribution in [1.82, 2.24) is 15.5 Å². The fourth-order valence-electron chi connectivity index (χ4n) is 3.68. The molecule has 6 heteroatoms. The Morgan fingerprint density at radius 2 is 1.97 bits per heavy atom. The number of aromatic nitrogens is 2. The molecule has 1 heterocycles. The van der Waals surface area contributed by atoms with E-state index >= 15 is 0 Å². The molecule has 3 aromatic rings. The van der Waals surface area contributed by atoms with Crippen LogP contribution in [0.15, 0.2) is 52.1 Å². The van der Waals surface area contributed by atoms with Gasteiger partial charge in [0.05, 0.1) is 11.8 Å². The minimum absolute atomic E-state index is 0.0270. The number of hydrogen-bond acceptors (Lipinski definition) is 5. The van der Waals surface area contributed by atoms with E-state index in [0.29, 0.717) is 11.1 Å². The van der Waals surface area contributed by atoms with Crippen LogP contribution in [-0.4, -0.2) is 21.9 Å². The van der Waals surface area contributed by atoms with Gasteiger partial charge in [0, 0.05) is 5.56 Å². The normalized spacial score (nSPS) is 14.3. The number of benzene rings is 2. The monoisotopic (exact) mass is 407 g/mol. The Bertz CT molecular complexity index is 1010. The van der Waals surface area contributed by atoms with Crippen LogP contribution in [0.1, 0.15) is 48.1 Å². The Morgan fingerprint density at radius 3 is 2.79 bits per heavy atom. The summed E-state index contributed by atoms with van der Waals surface area (Å²) in [5.74, 6) is 0.666. The van der Waals surface area contributed by atoms with Gasteiger partial charge in [0.15, 0.2) is 0 Å². The highest BCUT2D eigenvalue weighted by atomic mass is 32.2. The Labute approximate surface area is 175 Å². The summed E-state index contributed by atoms with van der Waals surface area (Å²) in [4.78, 5) is 12.4. The number of thioether (sulfide) groups is 1. The molecule has 1 aromatic heterocycles. The predicted molar refractivity (Wildman–Crippen MR) is 115 cm³/mol. The maximum atomic E-state index is 12.4. The van der Waals surface area contributed by atoms with Crippen molar-refractivity contribution < 1.29 is 9.21 Å². The van der Waals surface area contributed by atoms with Crippen LogP contribution in [0.5, 0.6) is 0 Å². The van der Waals surface area contributed by atoms with E-state index in [4.69, 9.17) is 4.42 Å². The third kappa shape index (κ3) is 4.88. The molecule has 150 valence electrons. The summed E-state index contributed by atoms with van der Waals surface area (Å²) >= 11 is 1.26. The van der Waals surface area contributed by atoms with Gasteiger partial charge in [-0.05, 0) is 68.4 Å². The Kier molecular flexibility index (Phi) is 6.00. The molecule has 1 aliphatic rings. The van der Waals surface area contributed by atoms with Crippen molar-refractivity contribution in [3.8, 4) is 11.5 Å². The summed E-state index contributed by atoms with van der Waals surface area (Å²) in [6.45, 7) is 4.04. The van der Waals surface area contributed by atoms with Crippen molar-refractivity contribution in [1.29, 1.82) is 0 Å². The number of rotatable bonds is 6. The van der Waals surface area contributed by atoms with Crippen LogP contribution in [0.25, 0.3) is 11.5 Å². The average Bonchev–Trinajstić information content (AvgIpc) is 3.21. The minimum atomic E-state index is -0.0458. The van der Waals surface area contributed by atoms with Crippen molar-refractivity contribution in [2.75, 3.05) is 5.75 Å². The first-order chi connectivity index (χ1) is 14.1. The number of amides is 1. The molecular weight excluding hydrogens is 382 g/mol. The quantitative estimate of drug-likeness (QED) is 0.589. The number of carbonyl (C=O) groups excluding carboxylic acids is 1.